The van der Waals surface area contributed by atoms with E-state index in [2.05, 4.69) is 10.3 Å². The second-order valence-electron chi connectivity index (χ2n) is 4.02. The molecule has 1 aliphatic heterocycles. The van der Waals surface area contributed by atoms with Crippen LogP contribution < -0.4 is 5.32 Å². The minimum atomic E-state index is -0.973. The van der Waals surface area contributed by atoms with Crippen molar-refractivity contribution in [1.82, 2.24) is 10.3 Å². The zero-order valence-corrected chi connectivity index (χ0v) is 9.80. The number of aliphatic hydroxyl groups is 1. The van der Waals surface area contributed by atoms with E-state index in [9.17, 15) is 9.90 Å². The van der Waals surface area contributed by atoms with Crippen LogP contribution in [0.25, 0.3) is 0 Å². The van der Waals surface area contributed by atoms with E-state index in [0.29, 0.717) is 23.5 Å². The largest absolute Gasteiger partial charge is 0.477 e. The monoisotopic (exact) mass is 242 g/mol. The normalized spacial score (nSPS) is 19.6. The molecule has 6 heteroatoms. The highest BCUT2D eigenvalue weighted by Crippen LogP contribution is 2.34. The zero-order valence-electron chi connectivity index (χ0n) is 8.99. The molecule has 3 N–H and O–H groups in total. The van der Waals surface area contributed by atoms with Gasteiger partial charge >= 0.3 is 5.97 Å². The maximum Gasteiger partial charge on any atom is 0.347 e. The molecule has 5 nitrogen and oxygen atoms in total. The number of hydrogen-bond donors (Lipinski definition) is 3. The number of rotatable bonds is 2. The third-order valence-corrected chi connectivity index (χ3v) is 4.16. The van der Waals surface area contributed by atoms with Crippen LogP contribution in [-0.2, 0) is 5.60 Å². The Balaban J connectivity index is 2.33. The number of hydrogen-bond acceptors (Lipinski definition) is 5. The number of nitrogens with zero attached hydrogens (tertiary/aromatic N) is 1. The summed E-state index contributed by atoms with van der Waals surface area (Å²) < 4.78 is 0. The summed E-state index contributed by atoms with van der Waals surface area (Å²) >= 11 is 1.08. The van der Waals surface area contributed by atoms with Gasteiger partial charge in [0.1, 0.15) is 15.5 Å². The molecule has 0 amide bonds. The minimum absolute atomic E-state index is 0.224. The molecule has 2 heterocycles. The average Bonchev–Trinajstić information content (AvgIpc) is 2.62. The number of thiazole rings is 1. The van der Waals surface area contributed by atoms with Crippen molar-refractivity contribution < 1.29 is 15.0 Å². The van der Waals surface area contributed by atoms with Crippen molar-refractivity contribution >= 4 is 17.3 Å². The lowest BCUT2D eigenvalue weighted by atomic mass is 9.93. The lowest BCUT2D eigenvalue weighted by molar-refractivity contribution is 0.00565. The summed E-state index contributed by atoms with van der Waals surface area (Å²) in [4.78, 5) is 15.3. The first-order valence-corrected chi connectivity index (χ1v) is 5.99. The molecule has 0 radical (unpaired) electrons. The fourth-order valence-electron chi connectivity index (χ4n) is 1.85. The first-order chi connectivity index (χ1) is 7.53. The van der Waals surface area contributed by atoms with E-state index in [1.54, 1.807) is 6.92 Å². The van der Waals surface area contributed by atoms with Gasteiger partial charge in [0.25, 0.3) is 0 Å². The summed E-state index contributed by atoms with van der Waals surface area (Å²) in [6.07, 6.45) is 1.16. The minimum Gasteiger partial charge on any atom is -0.477 e. The first-order valence-electron chi connectivity index (χ1n) is 5.17. The van der Waals surface area contributed by atoms with Gasteiger partial charge in [0.05, 0.1) is 5.69 Å². The van der Waals surface area contributed by atoms with Gasteiger partial charge in [-0.1, -0.05) is 0 Å². The summed E-state index contributed by atoms with van der Waals surface area (Å²) in [6, 6.07) is 0. The third-order valence-electron chi connectivity index (χ3n) is 2.82. The summed E-state index contributed by atoms with van der Waals surface area (Å²) in [5, 5.41) is 23.0. The maximum atomic E-state index is 10.9. The molecule has 0 aliphatic carbocycles. The molecule has 2 rings (SSSR count). The predicted molar refractivity (Wildman–Crippen MR) is 59.8 cm³/mol. The van der Waals surface area contributed by atoms with Crippen LogP contribution in [0.3, 0.4) is 0 Å². The Morgan fingerprint density at radius 2 is 2.12 bits per heavy atom. The van der Waals surface area contributed by atoms with Crippen molar-refractivity contribution in [3.05, 3.63) is 15.6 Å². The number of carboxylic acids is 1. The molecule has 1 saturated heterocycles. The van der Waals surface area contributed by atoms with E-state index >= 15 is 0 Å². The van der Waals surface area contributed by atoms with E-state index < -0.39 is 11.6 Å². The molecule has 0 spiro atoms. The summed E-state index contributed by atoms with van der Waals surface area (Å²) in [5.41, 5.74) is -0.464. The number of carbonyl (C=O) groups is 1. The molecule has 16 heavy (non-hydrogen) atoms. The Hall–Kier alpha value is -0.980. The van der Waals surface area contributed by atoms with Crippen molar-refractivity contribution in [3.8, 4) is 0 Å². The van der Waals surface area contributed by atoms with Crippen LogP contribution in [0.1, 0.15) is 33.2 Å². The predicted octanol–water partition coefficient (Wildman–Crippen LogP) is 0.721. The Bertz CT molecular complexity index is 410. The van der Waals surface area contributed by atoms with Crippen LogP contribution >= 0.6 is 11.3 Å². The summed E-state index contributed by atoms with van der Waals surface area (Å²) in [6.45, 7) is 3.13. The molecule has 0 saturated carbocycles. The highest BCUT2D eigenvalue weighted by atomic mass is 32.1. The lowest BCUT2D eigenvalue weighted by Gasteiger charge is -2.30. The van der Waals surface area contributed by atoms with Gasteiger partial charge in [0.2, 0.25) is 0 Å². The van der Waals surface area contributed by atoms with Crippen molar-refractivity contribution in [3.63, 3.8) is 0 Å². The Labute approximate surface area is 97.1 Å². The van der Waals surface area contributed by atoms with Crippen LogP contribution in [0.15, 0.2) is 0 Å². The fraction of sp³-hybridized carbons (Fsp3) is 0.600. The highest BCUT2D eigenvalue weighted by Gasteiger charge is 2.35. The van der Waals surface area contributed by atoms with Gasteiger partial charge in [0, 0.05) is 0 Å². The molecule has 88 valence electrons. The lowest BCUT2D eigenvalue weighted by Crippen LogP contribution is -2.39. The summed E-state index contributed by atoms with van der Waals surface area (Å²) in [5.74, 6) is -0.973. The number of aryl methyl sites for hydroxylation is 1. The molecule has 0 aromatic carbocycles. The molecule has 0 unspecified atom stereocenters. The molecule has 1 aromatic heterocycles. The summed E-state index contributed by atoms with van der Waals surface area (Å²) in [7, 11) is 0. The van der Waals surface area contributed by atoms with Gasteiger partial charge in [-0.15, -0.1) is 11.3 Å². The smallest absolute Gasteiger partial charge is 0.347 e. The van der Waals surface area contributed by atoms with Crippen molar-refractivity contribution in [2.24, 2.45) is 0 Å². The van der Waals surface area contributed by atoms with E-state index in [1.165, 1.54) is 0 Å². The Kier molecular flexibility index (Phi) is 2.96. The quantitative estimate of drug-likeness (QED) is 0.712. The topological polar surface area (TPSA) is 82.5 Å². The Morgan fingerprint density at radius 3 is 2.62 bits per heavy atom. The molecule has 1 aromatic rings. The van der Waals surface area contributed by atoms with E-state index in [0.717, 1.165) is 24.4 Å². The molecule has 0 bridgehead atoms. The standard InChI is InChI=1S/C10H14N2O3S/c1-6-7(8(13)14)16-9(12-6)10(15)2-4-11-5-3-10/h11,15H,2-5H2,1H3,(H,13,14). The average molecular weight is 242 g/mol. The number of aromatic nitrogens is 1. The number of piperidine rings is 1. The van der Waals surface area contributed by atoms with Crippen LogP contribution in [0, 0.1) is 6.92 Å². The van der Waals surface area contributed by atoms with Crippen molar-refractivity contribution in [2.75, 3.05) is 13.1 Å². The van der Waals surface area contributed by atoms with Gasteiger partial charge in [-0.2, -0.15) is 0 Å². The number of aromatic carboxylic acids is 1. The first kappa shape index (κ1) is 11.5. The van der Waals surface area contributed by atoms with Crippen molar-refractivity contribution in [1.29, 1.82) is 0 Å². The number of nitrogens with one attached hydrogen (secondary N) is 1. The molecule has 1 aliphatic rings. The second kappa shape index (κ2) is 4.12. The van der Waals surface area contributed by atoms with Crippen LogP contribution in [0.5, 0.6) is 0 Å². The van der Waals surface area contributed by atoms with Gasteiger partial charge in [-0.25, -0.2) is 9.78 Å². The zero-order chi connectivity index (χ0) is 11.8. The van der Waals surface area contributed by atoms with E-state index in [1.807, 2.05) is 0 Å². The molecular formula is C10H14N2O3S. The van der Waals surface area contributed by atoms with Gasteiger partial charge in [0.15, 0.2) is 0 Å². The molecular weight excluding hydrogens is 228 g/mol. The maximum absolute atomic E-state index is 10.9. The third kappa shape index (κ3) is 1.95. The van der Waals surface area contributed by atoms with Crippen LogP contribution in [0.2, 0.25) is 0 Å². The molecule has 1 fully saturated rings. The number of carboxylic acid groups (broad SMARTS) is 1. The molecule has 0 atom stereocenters. The van der Waals surface area contributed by atoms with E-state index in [-0.39, 0.29) is 4.88 Å². The van der Waals surface area contributed by atoms with Crippen molar-refractivity contribution in [2.45, 2.75) is 25.4 Å². The SMILES string of the molecule is Cc1nc(C2(O)CCNCC2)sc1C(=O)O. The van der Waals surface area contributed by atoms with Crippen LogP contribution in [0.4, 0.5) is 0 Å². The second-order valence-corrected chi connectivity index (χ2v) is 5.02. The fourth-order valence-corrected chi connectivity index (χ4v) is 2.90. The van der Waals surface area contributed by atoms with Gasteiger partial charge in [-0.05, 0) is 32.9 Å². The van der Waals surface area contributed by atoms with Gasteiger partial charge < -0.3 is 15.5 Å². The Morgan fingerprint density at radius 1 is 1.50 bits per heavy atom. The van der Waals surface area contributed by atoms with E-state index in [4.69, 9.17) is 5.11 Å². The van der Waals surface area contributed by atoms with Gasteiger partial charge in [-0.3, -0.25) is 0 Å². The highest BCUT2D eigenvalue weighted by molar-refractivity contribution is 7.13. The van der Waals surface area contributed by atoms with Crippen LogP contribution in [-0.4, -0.2) is 34.3 Å².